The first-order chi connectivity index (χ1) is 2.81. The lowest BCUT2D eigenvalue weighted by Gasteiger charge is -1.99. The van der Waals surface area contributed by atoms with E-state index in [0.717, 1.165) is 0 Å². The predicted molar refractivity (Wildman–Crippen MR) is 22.8 cm³/mol. The van der Waals surface area contributed by atoms with Gasteiger partial charge in [-0.15, -0.1) is 0 Å². The maximum atomic E-state index is 11.2. The summed E-state index contributed by atoms with van der Waals surface area (Å²) in [7, 11) is 0. The van der Waals surface area contributed by atoms with Crippen molar-refractivity contribution in [2.45, 2.75) is 13.0 Å². The van der Waals surface area contributed by atoms with Crippen LogP contribution in [-0.4, -0.2) is 12.7 Å². The monoisotopic (exact) mass is 92.1 g/mol. The largest absolute Gasteiger partial charge is 0.271 e. The van der Waals surface area contributed by atoms with Crippen molar-refractivity contribution >= 4 is 0 Å². The number of halogens is 1. The van der Waals surface area contributed by atoms with E-state index in [1.165, 1.54) is 0 Å². The quantitative estimate of drug-likeness (QED) is 0.366. The number of hydrazine groups is 1. The zero-order valence-corrected chi connectivity index (χ0v) is 3.74. The number of nitrogens with two attached hydrogens (primary N) is 1. The Hall–Kier alpha value is -0.150. The highest BCUT2D eigenvalue weighted by atomic mass is 19.1. The summed E-state index contributed by atoms with van der Waals surface area (Å²) in [6.07, 6.45) is 0. The van der Waals surface area contributed by atoms with Crippen LogP contribution in [0.3, 0.4) is 0 Å². The van der Waals surface area contributed by atoms with Crippen LogP contribution < -0.4 is 11.3 Å². The fraction of sp³-hybridized carbons (Fsp3) is 1.00. The normalized spacial score (nSPS) is 14.5. The van der Waals surface area contributed by atoms with Gasteiger partial charge in [0.05, 0.1) is 0 Å². The Labute approximate surface area is 36.5 Å². The molecule has 1 atom stereocenters. The molecule has 0 aromatic rings. The molecule has 0 radical (unpaired) electrons. The first kappa shape index (κ1) is 5.85. The molecule has 0 saturated heterocycles. The minimum atomic E-state index is -0.406. The van der Waals surface area contributed by atoms with E-state index < -0.39 is 6.67 Å². The molecule has 0 rings (SSSR count). The molecule has 0 aliphatic carbocycles. The fourth-order valence-electron chi connectivity index (χ4n) is 0.0445. The molecule has 0 amide bonds. The van der Waals surface area contributed by atoms with Crippen molar-refractivity contribution in [1.82, 2.24) is 5.43 Å². The Morgan fingerprint density at radius 1 is 2.00 bits per heavy atom. The van der Waals surface area contributed by atoms with Crippen molar-refractivity contribution in [3.8, 4) is 0 Å². The fourth-order valence-corrected chi connectivity index (χ4v) is 0.0445. The van der Waals surface area contributed by atoms with Crippen molar-refractivity contribution in [1.29, 1.82) is 0 Å². The van der Waals surface area contributed by atoms with Gasteiger partial charge in [0.15, 0.2) is 0 Å². The Kier molecular flexibility index (Phi) is 2.98. The third kappa shape index (κ3) is 2.11. The Balaban J connectivity index is 2.75. The molecular formula is C3H9FN2. The summed E-state index contributed by atoms with van der Waals surface area (Å²) in [5.41, 5.74) is 2.24. The molecule has 1 unspecified atom stereocenters. The van der Waals surface area contributed by atoms with Gasteiger partial charge in [0, 0.05) is 6.04 Å². The average molecular weight is 92.1 g/mol. The summed E-state index contributed by atoms with van der Waals surface area (Å²) in [6.45, 7) is 1.26. The molecule has 0 aliphatic heterocycles. The molecular weight excluding hydrogens is 83.0 g/mol. The second kappa shape index (κ2) is 3.06. The van der Waals surface area contributed by atoms with Gasteiger partial charge in [-0.3, -0.25) is 11.3 Å². The van der Waals surface area contributed by atoms with Crippen LogP contribution in [0, 0.1) is 0 Å². The van der Waals surface area contributed by atoms with Crippen LogP contribution in [-0.2, 0) is 0 Å². The van der Waals surface area contributed by atoms with E-state index in [1.807, 2.05) is 0 Å². The van der Waals surface area contributed by atoms with Gasteiger partial charge in [-0.2, -0.15) is 0 Å². The van der Waals surface area contributed by atoms with E-state index in [0.29, 0.717) is 0 Å². The highest BCUT2D eigenvalue weighted by molar-refractivity contribution is 4.48. The summed E-state index contributed by atoms with van der Waals surface area (Å²) in [4.78, 5) is 0. The van der Waals surface area contributed by atoms with Gasteiger partial charge < -0.3 is 0 Å². The van der Waals surface area contributed by atoms with Gasteiger partial charge in [-0.05, 0) is 6.92 Å². The highest BCUT2D eigenvalue weighted by Crippen LogP contribution is 1.74. The minimum Gasteiger partial charge on any atom is -0.271 e. The predicted octanol–water partition coefficient (Wildman–Crippen LogP) is -0.192. The van der Waals surface area contributed by atoms with E-state index in [4.69, 9.17) is 5.84 Å². The molecule has 0 aromatic heterocycles. The Bertz CT molecular complexity index is 28.0. The third-order valence-corrected chi connectivity index (χ3v) is 0.516. The molecule has 3 heteroatoms. The van der Waals surface area contributed by atoms with E-state index in [-0.39, 0.29) is 6.04 Å². The van der Waals surface area contributed by atoms with Crippen molar-refractivity contribution in [3.05, 3.63) is 0 Å². The van der Waals surface area contributed by atoms with Gasteiger partial charge in [-0.1, -0.05) is 0 Å². The van der Waals surface area contributed by atoms with E-state index >= 15 is 0 Å². The lowest BCUT2D eigenvalue weighted by molar-refractivity contribution is 0.398. The number of rotatable bonds is 2. The van der Waals surface area contributed by atoms with Crippen LogP contribution in [0.15, 0.2) is 0 Å². The van der Waals surface area contributed by atoms with Crippen molar-refractivity contribution in [3.63, 3.8) is 0 Å². The minimum absolute atomic E-state index is 0.204. The molecule has 0 saturated carbocycles. The second-order valence-corrected chi connectivity index (χ2v) is 1.22. The first-order valence-electron chi connectivity index (χ1n) is 1.83. The molecule has 0 spiro atoms. The van der Waals surface area contributed by atoms with E-state index in [1.54, 1.807) is 6.92 Å². The molecule has 0 heterocycles. The van der Waals surface area contributed by atoms with Crippen molar-refractivity contribution in [2.24, 2.45) is 5.84 Å². The lowest BCUT2D eigenvalue weighted by Crippen LogP contribution is -2.33. The van der Waals surface area contributed by atoms with Gasteiger partial charge >= 0.3 is 0 Å². The Morgan fingerprint density at radius 3 is 2.50 bits per heavy atom. The smallest absolute Gasteiger partial charge is 0.106 e. The van der Waals surface area contributed by atoms with Crippen LogP contribution in [0.4, 0.5) is 4.39 Å². The SMILES string of the molecule is CC(CF)NN. The number of hydrogen-bond donors (Lipinski definition) is 2. The summed E-state index contributed by atoms with van der Waals surface area (Å²) in [5, 5.41) is 0. The van der Waals surface area contributed by atoms with Crippen LogP contribution in [0.25, 0.3) is 0 Å². The van der Waals surface area contributed by atoms with E-state index in [2.05, 4.69) is 5.43 Å². The zero-order chi connectivity index (χ0) is 4.99. The number of alkyl halides is 1. The standard InChI is InChI=1S/C3H9FN2/c1-3(2-4)6-5/h3,6H,2,5H2,1H3. The second-order valence-electron chi connectivity index (χ2n) is 1.22. The van der Waals surface area contributed by atoms with Crippen molar-refractivity contribution < 1.29 is 4.39 Å². The maximum absolute atomic E-state index is 11.2. The van der Waals surface area contributed by atoms with Gasteiger partial charge in [0.2, 0.25) is 0 Å². The van der Waals surface area contributed by atoms with Gasteiger partial charge in [-0.25, -0.2) is 4.39 Å². The number of nitrogens with one attached hydrogen (secondary N) is 1. The summed E-state index contributed by atoms with van der Waals surface area (Å²) in [5.74, 6) is 4.79. The lowest BCUT2D eigenvalue weighted by atomic mass is 10.4. The molecule has 0 aliphatic rings. The van der Waals surface area contributed by atoms with Crippen LogP contribution >= 0.6 is 0 Å². The average Bonchev–Trinajstić information content (AvgIpc) is 1.65. The zero-order valence-electron chi connectivity index (χ0n) is 3.74. The molecule has 6 heavy (non-hydrogen) atoms. The Morgan fingerprint density at radius 2 is 2.50 bits per heavy atom. The highest BCUT2D eigenvalue weighted by Gasteiger charge is 1.90. The van der Waals surface area contributed by atoms with E-state index in [9.17, 15) is 4.39 Å². The summed E-state index contributed by atoms with van der Waals surface area (Å²) >= 11 is 0. The summed E-state index contributed by atoms with van der Waals surface area (Å²) < 4.78 is 11.2. The van der Waals surface area contributed by atoms with Crippen LogP contribution in [0.1, 0.15) is 6.92 Å². The number of hydrogen-bond acceptors (Lipinski definition) is 2. The molecule has 0 aromatic carbocycles. The third-order valence-electron chi connectivity index (χ3n) is 0.516. The molecule has 38 valence electrons. The molecule has 0 fully saturated rings. The van der Waals surface area contributed by atoms with Crippen LogP contribution in [0.5, 0.6) is 0 Å². The first-order valence-corrected chi connectivity index (χ1v) is 1.83. The van der Waals surface area contributed by atoms with Gasteiger partial charge in [0.1, 0.15) is 6.67 Å². The molecule has 0 bridgehead atoms. The van der Waals surface area contributed by atoms with Crippen molar-refractivity contribution in [2.75, 3.05) is 6.67 Å². The molecule has 2 nitrogen and oxygen atoms in total. The molecule has 3 N–H and O–H groups in total. The van der Waals surface area contributed by atoms with Crippen LogP contribution in [0.2, 0.25) is 0 Å². The summed E-state index contributed by atoms with van der Waals surface area (Å²) in [6, 6.07) is -0.204. The topological polar surface area (TPSA) is 38.0 Å². The van der Waals surface area contributed by atoms with Gasteiger partial charge in [0.25, 0.3) is 0 Å². The maximum Gasteiger partial charge on any atom is 0.106 e.